The van der Waals surface area contributed by atoms with Crippen LogP contribution in [0.2, 0.25) is 0 Å². The standard InChI is InChI=1S/C12H10N2O.ClH/c15-12-4-2-1-3-10(12)5-6-11-9-13-7-8-14-11;/h1-9,15H;1H. The minimum Gasteiger partial charge on any atom is -0.507 e. The molecular formula is C12H11ClN2O. The summed E-state index contributed by atoms with van der Waals surface area (Å²) in [5.41, 5.74) is 1.53. The van der Waals surface area contributed by atoms with Gasteiger partial charge in [0.25, 0.3) is 0 Å². The molecule has 0 aliphatic carbocycles. The van der Waals surface area contributed by atoms with Gasteiger partial charge in [0.05, 0.1) is 11.9 Å². The van der Waals surface area contributed by atoms with Gasteiger partial charge in [0.2, 0.25) is 0 Å². The van der Waals surface area contributed by atoms with Crippen LogP contribution in [0.4, 0.5) is 0 Å². The largest absolute Gasteiger partial charge is 0.507 e. The molecule has 0 spiro atoms. The van der Waals surface area contributed by atoms with Gasteiger partial charge in [-0.15, -0.1) is 12.4 Å². The Balaban J connectivity index is 0.00000128. The van der Waals surface area contributed by atoms with E-state index in [1.165, 1.54) is 0 Å². The highest BCUT2D eigenvalue weighted by molar-refractivity contribution is 5.85. The first-order chi connectivity index (χ1) is 7.36. The van der Waals surface area contributed by atoms with Gasteiger partial charge < -0.3 is 5.11 Å². The predicted octanol–water partition coefficient (Wildman–Crippen LogP) is 2.77. The third-order valence-electron chi connectivity index (χ3n) is 1.95. The molecule has 82 valence electrons. The normalized spacial score (nSPS) is 10.0. The number of nitrogens with zero attached hydrogens (tertiary/aromatic N) is 2. The number of aromatic hydroxyl groups is 1. The van der Waals surface area contributed by atoms with Crippen molar-refractivity contribution >= 4 is 24.6 Å². The van der Waals surface area contributed by atoms with E-state index in [-0.39, 0.29) is 18.2 Å². The lowest BCUT2D eigenvalue weighted by atomic mass is 10.2. The summed E-state index contributed by atoms with van der Waals surface area (Å²) in [6.07, 6.45) is 8.53. The van der Waals surface area contributed by atoms with Crippen LogP contribution in [0.15, 0.2) is 42.9 Å². The van der Waals surface area contributed by atoms with E-state index in [2.05, 4.69) is 9.97 Å². The molecule has 0 atom stereocenters. The van der Waals surface area contributed by atoms with E-state index in [1.807, 2.05) is 18.2 Å². The van der Waals surface area contributed by atoms with Crippen molar-refractivity contribution in [1.29, 1.82) is 0 Å². The minimum absolute atomic E-state index is 0. The molecule has 2 rings (SSSR count). The second kappa shape index (κ2) is 5.88. The molecular weight excluding hydrogens is 224 g/mol. The maximum absolute atomic E-state index is 9.50. The van der Waals surface area contributed by atoms with E-state index in [9.17, 15) is 5.11 Å². The van der Waals surface area contributed by atoms with Crippen molar-refractivity contribution < 1.29 is 5.11 Å². The van der Waals surface area contributed by atoms with Gasteiger partial charge in [-0.1, -0.05) is 18.2 Å². The average Bonchev–Trinajstić information content (AvgIpc) is 2.29. The first-order valence-corrected chi connectivity index (χ1v) is 4.58. The van der Waals surface area contributed by atoms with Crippen LogP contribution in [0.5, 0.6) is 5.75 Å². The summed E-state index contributed by atoms with van der Waals surface area (Å²) in [4.78, 5) is 8.04. The summed E-state index contributed by atoms with van der Waals surface area (Å²) >= 11 is 0. The molecule has 0 unspecified atom stereocenters. The van der Waals surface area contributed by atoms with Gasteiger partial charge in [0, 0.05) is 18.0 Å². The molecule has 16 heavy (non-hydrogen) atoms. The summed E-state index contributed by atoms with van der Waals surface area (Å²) < 4.78 is 0. The van der Waals surface area contributed by atoms with Crippen LogP contribution in [-0.2, 0) is 0 Å². The first-order valence-electron chi connectivity index (χ1n) is 4.58. The molecule has 0 amide bonds. The molecule has 2 aromatic rings. The van der Waals surface area contributed by atoms with Crippen LogP contribution in [0, 0.1) is 0 Å². The Morgan fingerprint density at radius 3 is 2.56 bits per heavy atom. The number of aromatic nitrogens is 2. The highest BCUT2D eigenvalue weighted by Gasteiger charge is 1.93. The number of halogens is 1. The number of phenolic OH excluding ortho intramolecular Hbond substituents is 1. The van der Waals surface area contributed by atoms with Crippen LogP contribution in [0.25, 0.3) is 12.2 Å². The van der Waals surface area contributed by atoms with Gasteiger partial charge in [0.1, 0.15) is 5.75 Å². The van der Waals surface area contributed by atoms with Crippen LogP contribution in [0.3, 0.4) is 0 Å². The Hall–Kier alpha value is -1.87. The number of hydrogen-bond donors (Lipinski definition) is 1. The van der Waals surface area contributed by atoms with Gasteiger partial charge in [-0.25, -0.2) is 0 Å². The fourth-order valence-corrected chi connectivity index (χ4v) is 1.20. The van der Waals surface area contributed by atoms with Gasteiger partial charge in [-0.3, -0.25) is 9.97 Å². The Kier molecular flexibility index (Phi) is 4.48. The minimum atomic E-state index is 0. The molecule has 0 aliphatic rings. The molecule has 1 N–H and O–H groups in total. The first kappa shape index (κ1) is 12.2. The summed E-state index contributed by atoms with van der Waals surface area (Å²) in [6, 6.07) is 7.14. The average molecular weight is 235 g/mol. The Bertz CT molecular complexity index is 471. The zero-order chi connectivity index (χ0) is 10.5. The number of benzene rings is 1. The molecule has 0 fully saturated rings. The molecule has 0 aliphatic heterocycles. The summed E-state index contributed by atoms with van der Waals surface area (Å²) in [6.45, 7) is 0. The Morgan fingerprint density at radius 1 is 1.06 bits per heavy atom. The number of hydrogen-bond acceptors (Lipinski definition) is 3. The zero-order valence-corrected chi connectivity index (χ0v) is 9.26. The lowest BCUT2D eigenvalue weighted by Crippen LogP contribution is -1.80. The van der Waals surface area contributed by atoms with E-state index in [4.69, 9.17) is 0 Å². The van der Waals surface area contributed by atoms with Crippen LogP contribution >= 0.6 is 12.4 Å². The van der Waals surface area contributed by atoms with E-state index in [1.54, 1.807) is 36.8 Å². The lowest BCUT2D eigenvalue weighted by Gasteiger charge is -1.96. The quantitative estimate of drug-likeness (QED) is 0.869. The fourth-order valence-electron chi connectivity index (χ4n) is 1.20. The third-order valence-corrected chi connectivity index (χ3v) is 1.95. The monoisotopic (exact) mass is 234 g/mol. The smallest absolute Gasteiger partial charge is 0.122 e. The number of rotatable bonds is 2. The molecule has 1 aromatic heterocycles. The van der Waals surface area contributed by atoms with Gasteiger partial charge >= 0.3 is 0 Å². The SMILES string of the molecule is Cl.Oc1ccccc1C=Cc1cnccn1. The Labute approximate surface area is 99.9 Å². The summed E-state index contributed by atoms with van der Waals surface area (Å²) in [7, 11) is 0. The highest BCUT2D eigenvalue weighted by atomic mass is 35.5. The molecule has 0 bridgehead atoms. The van der Waals surface area contributed by atoms with Crippen molar-refractivity contribution in [3.05, 3.63) is 54.1 Å². The van der Waals surface area contributed by atoms with E-state index in [0.717, 1.165) is 11.3 Å². The fraction of sp³-hybridized carbons (Fsp3) is 0. The third kappa shape index (κ3) is 3.07. The van der Waals surface area contributed by atoms with Crippen molar-refractivity contribution in [2.45, 2.75) is 0 Å². The molecule has 0 radical (unpaired) electrons. The number of para-hydroxylation sites is 1. The topological polar surface area (TPSA) is 46.0 Å². The second-order valence-corrected chi connectivity index (χ2v) is 3.02. The predicted molar refractivity (Wildman–Crippen MR) is 66.3 cm³/mol. The van der Waals surface area contributed by atoms with Gasteiger partial charge in [-0.05, 0) is 18.2 Å². The molecule has 0 saturated carbocycles. The molecule has 3 nitrogen and oxygen atoms in total. The van der Waals surface area contributed by atoms with Gasteiger partial charge in [0.15, 0.2) is 0 Å². The van der Waals surface area contributed by atoms with E-state index < -0.39 is 0 Å². The van der Waals surface area contributed by atoms with Crippen molar-refractivity contribution in [2.75, 3.05) is 0 Å². The lowest BCUT2D eigenvalue weighted by molar-refractivity contribution is 0.474. The maximum atomic E-state index is 9.50. The Morgan fingerprint density at radius 2 is 1.88 bits per heavy atom. The van der Waals surface area contributed by atoms with Gasteiger partial charge in [-0.2, -0.15) is 0 Å². The van der Waals surface area contributed by atoms with E-state index >= 15 is 0 Å². The molecule has 1 heterocycles. The highest BCUT2D eigenvalue weighted by Crippen LogP contribution is 2.17. The van der Waals surface area contributed by atoms with Crippen LogP contribution in [0.1, 0.15) is 11.3 Å². The van der Waals surface area contributed by atoms with Crippen LogP contribution < -0.4 is 0 Å². The van der Waals surface area contributed by atoms with E-state index in [0.29, 0.717) is 0 Å². The molecule has 0 saturated heterocycles. The second-order valence-electron chi connectivity index (χ2n) is 3.02. The zero-order valence-electron chi connectivity index (χ0n) is 8.45. The van der Waals surface area contributed by atoms with Crippen molar-refractivity contribution in [2.24, 2.45) is 0 Å². The summed E-state index contributed by atoms with van der Waals surface area (Å²) in [5, 5.41) is 9.50. The molecule has 4 heteroatoms. The summed E-state index contributed by atoms with van der Waals surface area (Å²) in [5.74, 6) is 0.262. The van der Waals surface area contributed by atoms with Crippen molar-refractivity contribution in [1.82, 2.24) is 9.97 Å². The van der Waals surface area contributed by atoms with Crippen molar-refractivity contribution in [3.63, 3.8) is 0 Å². The van der Waals surface area contributed by atoms with Crippen molar-refractivity contribution in [3.8, 4) is 5.75 Å². The number of phenols is 1. The maximum Gasteiger partial charge on any atom is 0.122 e. The van der Waals surface area contributed by atoms with Crippen LogP contribution in [-0.4, -0.2) is 15.1 Å². The molecule has 1 aromatic carbocycles.